The Hall–Kier alpha value is -2.14. The van der Waals surface area contributed by atoms with Gasteiger partial charge in [-0.25, -0.2) is 4.98 Å². The number of anilines is 1. The van der Waals surface area contributed by atoms with Gasteiger partial charge in [-0.05, 0) is 43.7 Å². The molecule has 0 saturated heterocycles. The topological polar surface area (TPSA) is 66.9 Å². The molecule has 2 aromatic rings. The number of pyridine rings is 2. The number of hydrogen-bond donors (Lipinski definition) is 2. The van der Waals surface area contributed by atoms with Crippen LogP contribution in [0.2, 0.25) is 5.02 Å². The summed E-state index contributed by atoms with van der Waals surface area (Å²) in [7, 11) is 0. The maximum atomic E-state index is 12.3. The molecule has 5 nitrogen and oxygen atoms in total. The van der Waals surface area contributed by atoms with Crippen LogP contribution >= 0.6 is 11.6 Å². The summed E-state index contributed by atoms with van der Waals surface area (Å²) >= 11 is 6.06. The molecular weight excluding hydrogens is 288 g/mol. The van der Waals surface area contributed by atoms with E-state index in [1.165, 1.54) is 0 Å². The summed E-state index contributed by atoms with van der Waals surface area (Å²) in [6.07, 6.45) is 3.38. The van der Waals surface area contributed by atoms with E-state index in [2.05, 4.69) is 20.6 Å². The first-order chi connectivity index (χ1) is 10.1. The molecule has 0 saturated carbocycles. The molecule has 0 fully saturated rings. The van der Waals surface area contributed by atoms with Gasteiger partial charge in [0.25, 0.3) is 5.91 Å². The molecule has 2 aromatic heterocycles. The van der Waals surface area contributed by atoms with Crippen molar-refractivity contribution in [3.05, 3.63) is 52.9 Å². The summed E-state index contributed by atoms with van der Waals surface area (Å²) in [5.74, 6) is 0.327. The number of nitrogens with zero attached hydrogens (tertiary/aromatic N) is 2. The van der Waals surface area contributed by atoms with Gasteiger partial charge in [-0.1, -0.05) is 11.6 Å². The van der Waals surface area contributed by atoms with E-state index in [4.69, 9.17) is 11.6 Å². The molecule has 110 valence electrons. The van der Waals surface area contributed by atoms with Crippen molar-refractivity contribution < 1.29 is 4.79 Å². The molecule has 0 aliphatic rings. The molecule has 0 aliphatic carbocycles. The highest BCUT2D eigenvalue weighted by molar-refractivity contribution is 6.33. The largest absolute Gasteiger partial charge is 0.370 e. The van der Waals surface area contributed by atoms with E-state index >= 15 is 0 Å². The molecule has 0 aliphatic heterocycles. The van der Waals surface area contributed by atoms with E-state index < -0.39 is 0 Å². The predicted octanol–water partition coefficient (Wildman–Crippen LogP) is 3.05. The predicted molar refractivity (Wildman–Crippen MR) is 83.5 cm³/mol. The molecule has 1 atom stereocenters. The number of hydrogen-bond acceptors (Lipinski definition) is 4. The Morgan fingerprint density at radius 2 is 2.00 bits per heavy atom. The highest BCUT2D eigenvalue weighted by Crippen LogP contribution is 2.18. The Morgan fingerprint density at radius 1 is 1.29 bits per heavy atom. The summed E-state index contributed by atoms with van der Waals surface area (Å²) in [6.45, 7) is 4.58. The Morgan fingerprint density at radius 3 is 2.67 bits per heavy atom. The molecule has 0 spiro atoms. The number of rotatable bonds is 5. The molecule has 2 N–H and O–H groups in total. The van der Waals surface area contributed by atoms with E-state index in [0.717, 1.165) is 12.1 Å². The second-order valence-electron chi connectivity index (χ2n) is 4.53. The molecular formula is C15H17ClN4O. The highest BCUT2D eigenvalue weighted by Gasteiger charge is 2.16. The molecule has 2 heterocycles. The average molecular weight is 305 g/mol. The van der Waals surface area contributed by atoms with Gasteiger partial charge in [0.1, 0.15) is 11.5 Å². The van der Waals surface area contributed by atoms with E-state index in [-0.39, 0.29) is 17.6 Å². The Labute approximate surface area is 128 Å². The van der Waals surface area contributed by atoms with Gasteiger partial charge in [-0.15, -0.1) is 0 Å². The average Bonchev–Trinajstić information content (AvgIpc) is 2.50. The van der Waals surface area contributed by atoms with E-state index in [0.29, 0.717) is 10.8 Å². The van der Waals surface area contributed by atoms with Crippen LogP contribution in [0.1, 0.15) is 35.9 Å². The van der Waals surface area contributed by atoms with Crippen LogP contribution in [0.25, 0.3) is 0 Å². The lowest BCUT2D eigenvalue weighted by Crippen LogP contribution is -2.28. The molecule has 1 amide bonds. The quantitative estimate of drug-likeness (QED) is 0.891. The van der Waals surface area contributed by atoms with Crippen molar-refractivity contribution in [2.45, 2.75) is 19.9 Å². The van der Waals surface area contributed by atoms with Gasteiger partial charge >= 0.3 is 0 Å². The summed E-state index contributed by atoms with van der Waals surface area (Å²) in [4.78, 5) is 20.5. The monoisotopic (exact) mass is 304 g/mol. The normalized spacial score (nSPS) is 11.8. The van der Waals surface area contributed by atoms with Gasteiger partial charge in [0.05, 0.1) is 11.1 Å². The molecule has 21 heavy (non-hydrogen) atoms. The Bertz CT molecular complexity index is 618. The second kappa shape index (κ2) is 7.04. The summed E-state index contributed by atoms with van der Waals surface area (Å²) < 4.78 is 0. The van der Waals surface area contributed by atoms with Crippen molar-refractivity contribution in [1.82, 2.24) is 15.3 Å². The first-order valence-electron chi connectivity index (χ1n) is 6.73. The van der Waals surface area contributed by atoms with Crippen molar-refractivity contribution in [1.29, 1.82) is 0 Å². The lowest BCUT2D eigenvalue weighted by molar-refractivity contribution is 0.0935. The van der Waals surface area contributed by atoms with E-state index in [1.54, 1.807) is 24.5 Å². The second-order valence-corrected chi connectivity index (χ2v) is 4.94. The van der Waals surface area contributed by atoms with Crippen molar-refractivity contribution in [3.63, 3.8) is 0 Å². The number of nitrogens with one attached hydrogen (secondary N) is 2. The number of carbonyl (C=O) groups excluding carboxylic acids is 1. The third-order valence-corrected chi connectivity index (χ3v) is 3.28. The maximum absolute atomic E-state index is 12.3. The minimum Gasteiger partial charge on any atom is -0.370 e. The van der Waals surface area contributed by atoms with Crippen LogP contribution in [0.5, 0.6) is 0 Å². The van der Waals surface area contributed by atoms with Crippen molar-refractivity contribution in [2.24, 2.45) is 0 Å². The fourth-order valence-electron chi connectivity index (χ4n) is 1.88. The van der Waals surface area contributed by atoms with E-state index in [1.807, 2.05) is 26.0 Å². The molecule has 0 radical (unpaired) electrons. The standard InChI is InChI=1S/C15H17ClN4O/c1-3-18-13-5-4-12(16)14(20-13)15(21)19-10(2)11-6-8-17-9-7-11/h4-10H,3H2,1-2H3,(H,18,20)(H,19,21). The first kappa shape index (κ1) is 15.3. The molecule has 2 rings (SSSR count). The summed E-state index contributed by atoms with van der Waals surface area (Å²) in [6, 6.07) is 6.97. The first-order valence-corrected chi connectivity index (χ1v) is 7.10. The van der Waals surface area contributed by atoms with E-state index in [9.17, 15) is 4.79 Å². The fraction of sp³-hybridized carbons (Fsp3) is 0.267. The maximum Gasteiger partial charge on any atom is 0.271 e. The van der Waals surface area contributed by atoms with Crippen LogP contribution in [0.4, 0.5) is 5.82 Å². The van der Waals surface area contributed by atoms with Crippen molar-refractivity contribution in [3.8, 4) is 0 Å². The number of amides is 1. The SMILES string of the molecule is CCNc1ccc(Cl)c(C(=O)NC(C)c2ccncc2)n1. The van der Waals surface area contributed by atoms with Gasteiger partial charge in [-0.2, -0.15) is 0 Å². The zero-order valence-corrected chi connectivity index (χ0v) is 12.7. The van der Waals surface area contributed by atoms with Gasteiger partial charge in [0, 0.05) is 18.9 Å². The van der Waals surface area contributed by atoms with Gasteiger partial charge < -0.3 is 10.6 Å². The number of halogens is 1. The fourth-order valence-corrected chi connectivity index (χ4v) is 2.07. The summed E-state index contributed by atoms with van der Waals surface area (Å²) in [5, 5.41) is 6.27. The smallest absolute Gasteiger partial charge is 0.271 e. The minimum atomic E-state index is -0.302. The van der Waals surface area contributed by atoms with Crippen LogP contribution in [0.3, 0.4) is 0 Å². The van der Waals surface area contributed by atoms with Crippen LogP contribution in [-0.2, 0) is 0 Å². The van der Waals surface area contributed by atoms with Gasteiger partial charge in [-0.3, -0.25) is 9.78 Å². The lowest BCUT2D eigenvalue weighted by atomic mass is 10.1. The zero-order chi connectivity index (χ0) is 15.2. The highest BCUT2D eigenvalue weighted by atomic mass is 35.5. The third-order valence-electron chi connectivity index (χ3n) is 2.97. The summed E-state index contributed by atoms with van der Waals surface area (Å²) in [5.41, 5.74) is 1.19. The minimum absolute atomic E-state index is 0.152. The lowest BCUT2D eigenvalue weighted by Gasteiger charge is -2.14. The third kappa shape index (κ3) is 3.92. The van der Waals surface area contributed by atoms with Crippen LogP contribution in [0.15, 0.2) is 36.7 Å². The molecule has 0 bridgehead atoms. The molecule has 6 heteroatoms. The Balaban J connectivity index is 2.14. The zero-order valence-electron chi connectivity index (χ0n) is 11.9. The van der Waals surface area contributed by atoms with Crippen LogP contribution in [-0.4, -0.2) is 22.4 Å². The number of aromatic nitrogens is 2. The van der Waals surface area contributed by atoms with Gasteiger partial charge in [0.15, 0.2) is 0 Å². The van der Waals surface area contributed by atoms with Gasteiger partial charge in [0.2, 0.25) is 0 Å². The Kier molecular flexibility index (Phi) is 5.11. The van der Waals surface area contributed by atoms with Crippen LogP contribution in [0, 0.1) is 0 Å². The van der Waals surface area contributed by atoms with Crippen molar-refractivity contribution in [2.75, 3.05) is 11.9 Å². The van der Waals surface area contributed by atoms with Crippen LogP contribution < -0.4 is 10.6 Å². The number of carbonyl (C=O) groups is 1. The van der Waals surface area contributed by atoms with Crippen molar-refractivity contribution >= 4 is 23.3 Å². The molecule has 0 aromatic carbocycles. The molecule has 1 unspecified atom stereocenters.